The van der Waals surface area contributed by atoms with E-state index in [-0.39, 0.29) is 0 Å². The number of anilines is 1. The van der Waals surface area contributed by atoms with Crippen LogP contribution in [0.25, 0.3) is 0 Å². The Kier molecular flexibility index (Phi) is 4.12. The van der Waals surface area contributed by atoms with E-state index >= 15 is 0 Å². The van der Waals surface area contributed by atoms with E-state index in [1.165, 1.54) is 11.1 Å². The van der Waals surface area contributed by atoms with Gasteiger partial charge in [0.2, 0.25) is 0 Å². The van der Waals surface area contributed by atoms with Crippen LogP contribution in [0.1, 0.15) is 16.8 Å². The topological polar surface area (TPSA) is 50.9 Å². The van der Waals surface area contributed by atoms with E-state index in [1.54, 1.807) is 11.3 Å². The van der Waals surface area contributed by atoms with Crippen molar-refractivity contribution >= 4 is 16.5 Å². The third kappa shape index (κ3) is 3.54. The van der Waals surface area contributed by atoms with E-state index in [0.29, 0.717) is 6.54 Å². The number of rotatable bonds is 5. The molecule has 0 unspecified atom stereocenters. The maximum Gasteiger partial charge on any atom is 0.183 e. The molecular weight excluding hydrogens is 230 g/mol. The smallest absolute Gasteiger partial charge is 0.183 e. The van der Waals surface area contributed by atoms with Crippen LogP contribution < -0.4 is 11.1 Å². The molecule has 1 aromatic heterocycles. The van der Waals surface area contributed by atoms with Gasteiger partial charge in [0, 0.05) is 18.3 Å². The summed E-state index contributed by atoms with van der Waals surface area (Å²) in [6.07, 6.45) is 0.850. The molecule has 1 heterocycles. The summed E-state index contributed by atoms with van der Waals surface area (Å²) in [6.45, 7) is 3.56. The Hall–Kier alpha value is -1.39. The zero-order chi connectivity index (χ0) is 12.1. The van der Waals surface area contributed by atoms with E-state index in [0.717, 1.165) is 23.8 Å². The fourth-order valence-corrected chi connectivity index (χ4v) is 2.28. The maximum absolute atomic E-state index is 5.49. The van der Waals surface area contributed by atoms with Crippen molar-refractivity contribution in [3.05, 3.63) is 46.5 Å². The molecule has 4 heteroatoms. The first kappa shape index (κ1) is 12.1. The van der Waals surface area contributed by atoms with E-state index in [1.807, 2.05) is 0 Å². The summed E-state index contributed by atoms with van der Waals surface area (Å²) < 4.78 is 0. The van der Waals surface area contributed by atoms with Crippen molar-refractivity contribution in [1.82, 2.24) is 4.98 Å². The number of thiazole rings is 1. The molecule has 1 aromatic carbocycles. The van der Waals surface area contributed by atoms with Crippen LogP contribution >= 0.6 is 11.3 Å². The van der Waals surface area contributed by atoms with Crippen LogP contribution in [0.5, 0.6) is 0 Å². The highest BCUT2D eigenvalue weighted by Gasteiger charge is 2.00. The fraction of sp³-hybridized carbons (Fsp3) is 0.308. The number of hydrogen-bond donors (Lipinski definition) is 2. The van der Waals surface area contributed by atoms with Gasteiger partial charge in [-0.15, -0.1) is 11.3 Å². The summed E-state index contributed by atoms with van der Waals surface area (Å²) in [6, 6.07) is 8.52. The fourth-order valence-electron chi connectivity index (χ4n) is 1.53. The van der Waals surface area contributed by atoms with E-state index in [2.05, 4.69) is 46.9 Å². The average Bonchev–Trinajstić information content (AvgIpc) is 2.77. The van der Waals surface area contributed by atoms with Crippen molar-refractivity contribution in [2.75, 3.05) is 11.9 Å². The predicted molar refractivity (Wildman–Crippen MR) is 73.4 cm³/mol. The summed E-state index contributed by atoms with van der Waals surface area (Å²) in [5.74, 6) is 0. The highest BCUT2D eigenvalue weighted by molar-refractivity contribution is 7.13. The molecule has 17 heavy (non-hydrogen) atoms. The molecule has 0 aliphatic heterocycles. The van der Waals surface area contributed by atoms with Gasteiger partial charge in [-0.05, 0) is 19.0 Å². The lowest BCUT2D eigenvalue weighted by molar-refractivity contribution is 0.933. The monoisotopic (exact) mass is 247 g/mol. The molecule has 90 valence electrons. The van der Waals surface area contributed by atoms with E-state index in [4.69, 9.17) is 5.73 Å². The minimum Gasteiger partial charge on any atom is -0.357 e. The average molecular weight is 247 g/mol. The minimum absolute atomic E-state index is 0.654. The number of nitrogens with zero attached hydrogens (tertiary/aromatic N) is 1. The summed E-state index contributed by atoms with van der Waals surface area (Å²) in [5.41, 5.74) is 9.12. The molecule has 0 bridgehead atoms. The third-order valence-corrected chi connectivity index (χ3v) is 3.37. The number of nitrogens with one attached hydrogen (secondary N) is 1. The summed E-state index contributed by atoms with van der Waals surface area (Å²) in [7, 11) is 0. The first-order chi connectivity index (χ1) is 8.28. The van der Waals surface area contributed by atoms with Crippen LogP contribution in [-0.2, 0) is 13.0 Å². The van der Waals surface area contributed by atoms with Crippen molar-refractivity contribution < 1.29 is 0 Å². The van der Waals surface area contributed by atoms with E-state index < -0.39 is 0 Å². The molecule has 0 fully saturated rings. The van der Waals surface area contributed by atoms with Crippen molar-refractivity contribution in [2.24, 2.45) is 5.73 Å². The number of aromatic nitrogens is 1. The van der Waals surface area contributed by atoms with Crippen LogP contribution in [0.4, 0.5) is 5.13 Å². The van der Waals surface area contributed by atoms with Gasteiger partial charge < -0.3 is 11.1 Å². The van der Waals surface area contributed by atoms with Gasteiger partial charge in [-0.25, -0.2) is 4.98 Å². The quantitative estimate of drug-likeness (QED) is 0.853. The van der Waals surface area contributed by atoms with Crippen LogP contribution in [0.3, 0.4) is 0 Å². The van der Waals surface area contributed by atoms with Crippen LogP contribution in [0.15, 0.2) is 29.6 Å². The van der Waals surface area contributed by atoms with Crippen LogP contribution in [-0.4, -0.2) is 11.5 Å². The first-order valence-electron chi connectivity index (χ1n) is 5.72. The second-order valence-electron chi connectivity index (χ2n) is 4.02. The maximum atomic E-state index is 5.49. The molecule has 2 aromatic rings. The lowest BCUT2D eigenvalue weighted by atomic mass is 10.1. The van der Waals surface area contributed by atoms with Crippen molar-refractivity contribution in [3.8, 4) is 0 Å². The van der Waals surface area contributed by atoms with Gasteiger partial charge in [-0.1, -0.05) is 29.8 Å². The molecule has 0 atom stereocenters. The zero-order valence-corrected chi connectivity index (χ0v) is 10.8. The van der Waals surface area contributed by atoms with Gasteiger partial charge in [0.1, 0.15) is 0 Å². The molecule has 3 nitrogen and oxygen atoms in total. The van der Waals surface area contributed by atoms with Crippen LogP contribution in [0.2, 0.25) is 0 Å². The van der Waals surface area contributed by atoms with Crippen molar-refractivity contribution in [1.29, 1.82) is 0 Å². The second kappa shape index (κ2) is 5.80. The summed E-state index contributed by atoms with van der Waals surface area (Å²) >= 11 is 1.63. The SMILES string of the molecule is Cc1ccc(CNc2nc(CCN)cs2)cc1. The number of benzene rings is 1. The molecule has 0 saturated carbocycles. The molecule has 0 aliphatic carbocycles. The Bertz CT molecular complexity index is 462. The number of nitrogens with two attached hydrogens (primary N) is 1. The molecule has 0 spiro atoms. The third-order valence-electron chi connectivity index (χ3n) is 2.52. The molecule has 0 aliphatic rings. The van der Waals surface area contributed by atoms with Gasteiger partial charge in [0.05, 0.1) is 5.69 Å². The zero-order valence-electron chi connectivity index (χ0n) is 9.94. The van der Waals surface area contributed by atoms with Gasteiger partial charge >= 0.3 is 0 Å². The number of aryl methyl sites for hydroxylation is 1. The van der Waals surface area contributed by atoms with Crippen molar-refractivity contribution in [3.63, 3.8) is 0 Å². The lowest BCUT2D eigenvalue weighted by Gasteiger charge is -2.03. The highest BCUT2D eigenvalue weighted by Crippen LogP contribution is 2.16. The molecule has 0 amide bonds. The predicted octanol–water partition coefficient (Wildman–Crippen LogP) is 2.56. The van der Waals surface area contributed by atoms with E-state index in [9.17, 15) is 0 Å². The standard InChI is InChI=1S/C13H17N3S/c1-10-2-4-11(5-3-10)8-15-13-16-12(6-7-14)9-17-13/h2-5,9H,6-8,14H2,1H3,(H,15,16). The molecule has 2 rings (SSSR count). The van der Waals surface area contributed by atoms with Gasteiger partial charge in [0.25, 0.3) is 0 Å². The first-order valence-corrected chi connectivity index (χ1v) is 6.60. The Morgan fingerprint density at radius 3 is 2.76 bits per heavy atom. The Balaban J connectivity index is 1.90. The second-order valence-corrected chi connectivity index (χ2v) is 4.88. The number of hydrogen-bond acceptors (Lipinski definition) is 4. The van der Waals surface area contributed by atoms with Gasteiger partial charge in [-0.3, -0.25) is 0 Å². The van der Waals surface area contributed by atoms with Crippen LogP contribution in [0, 0.1) is 6.92 Å². The Labute approximate surface area is 106 Å². The molecule has 3 N–H and O–H groups in total. The largest absolute Gasteiger partial charge is 0.357 e. The lowest BCUT2D eigenvalue weighted by Crippen LogP contribution is -2.03. The molecular formula is C13H17N3S. The molecule has 0 radical (unpaired) electrons. The van der Waals surface area contributed by atoms with Gasteiger partial charge in [0.15, 0.2) is 5.13 Å². The summed E-state index contributed by atoms with van der Waals surface area (Å²) in [4.78, 5) is 4.46. The molecule has 0 saturated heterocycles. The van der Waals surface area contributed by atoms with Crippen molar-refractivity contribution in [2.45, 2.75) is 19.9 Å². The summed E-state index contributed by atoms with van der Waals surface area (Å²) in [5, 5.41) is 6.35. The van der Waals surface area contributed by atoms with Gasteiger partial charge in [-0.2, -0.15) is 0 Å². The normalized spacial score (nSPS) is 10.5. The Morgan fingerprint density at radius 1 is 1.29 bits per heavy atom. The highest BCUT2D eigenvalue weighted by atomic mass is 32.1. The minimum atomic E-state index is 0.654. The Morgan fingerprint density at radius 2 is 2.06 bits per heavy atom.